The Balaban J connectivity index is 2.11. The van der Waals surface area contributed by atoms with E-state index in [0.717, 1.165) is 13.1 Å². The summed E-state index contributed by atoms with van der Waals surface area (Å²) in [6, 6.07) is 16.2. The van der Waals surface area contributed by atoms with Gasteiger partial charge in [-0.15, -0.1) is 0 Å². The number of para-hydroxylation sites is 2. The lowest BCUT2D eigenvalue weighted by molar-refractivity contribution is 0.342. The molecular weight excluding hydrogens is 338 g/mol. The van der Waals surface area contributed by atoms with E-state index in [1.165, 1.54) is 4.57 Å². The highest BCUT2D eigenvalue weighted by molar-refractivity contribution is 5.78. The molecular formula is C22H23N3O2. The molecule has 0 unspecified atom stereocenters. The Morgan fingerprint density at radius 1 is 0.889 bits per heavy atom. The molecule has 0 saturated heterocycles. The second kappa shape index (κ2) is 8.52. The van der Waals surface area contributed by atoms with Crippen LogP contribution in [0.25, 0.3) is 16.6 Å². The quantitative estimate of drug-likeness (QED) is 0.656. The van der Waals surface area contributed by atoms with E-state index in [-0.39, 0.29) is 17.8 Å². The van der Waals surface area contributed by atoms with Gasteiger partial charge in [-0.3, -0.25) is 14.3 Å². The van der Waals surface area contributed by atoms with Gasteiger partial charge in [0, 0.05) is 0 Å². The van der Waals surface area contributed by atoms with Crippen LogP contribution >= 0.6 is 0 Å². The van der Waals surface area contributed by atoms with E-state index in [1.54, 1.807) is 34.9 Å². The molecule has 0 saturated carbocycles. The summed E-state index contributed by atoms with van der Waals surface area (Å²) >= 11 is 0. The van der Waals surface area contributed by atoms with Gasteiger partial charge in [0.15, 0.2) is 0 Å². The zero-order valence-electron chi connectivity index (χ0n) is 15.7. The van der Waals surface area contributed by atoms with E-state index in [1.807, 2.05) is 24.3 Å². The van der Waals surface area contributed by atoms with Crippen molar-refractivity contribution in [2.45, 2.75) is 20.4 Å². The first-order valence-electron chi connectivity index (χ1n) is 9.15. The van der Waals surface area contributed by atoms with E-state index in [9.17, 15) is 9.59 Å². The molecule has 0 radical (unpaired) electrons. The number of nitrogens with zero attached hydrogens (tertiary/aromatic N) is 3. The minimum Gasteiger partial charge on any atom is -0.293 e. The second-order valence-electron chi connectivity index (χ2n) is 6.18. The molecule has 5 heteroatoms. The number of fused-ring (bicyclic) bond motifs is 1. The Morgan fingerprint density at radius 2 is 1.56 bits per heavy atom. The van der Waals surface area contributed by atoms with E-state index in [2.05, 4.69) is 30.6 Å². The van der Waals surface area contributed by atoms with Gasteiger partial charge >= 0.3 is 5.69 Å². The Kier molecular flexibility index (Phi) is 5.90. The maximum atomic E-state index is 13.1. The molecule has 5 nitrogen and oxygen atoms in total. The summed E-state index contributed by atoms with van der Waals surface area (Å²) in [7, 11) is 0. The molecule has 0 aliphatic rings. The van der Waals surface area contributed by atoms with Gasteiger partial charge < -0.3 is 0 Å². The maximum absolute atomic E-state index is 13.1. The van der Waals surface area contributed by atoms with Gasteiger partial charge in [0.25, 0.3) is 5.56 Å². The van der Waals surface area contributed by atoms with Gasteiger partial charge in [-0.25, -0.2) is 9.36 Å². The predicted molar refractivity (Wildman–Crippen MR) is 109 cm³/mol. The first-order chi connectivity index (χ1) is 13.2. The molecule has 0 bridgehead atoms. The molecule has 0 fully saturated rings. The van der Waals surface area contributed by atoms with Crippen LogP contribution in [0.2, 0.25) is 0 Å². The lowest BCUT2D eigenvalue weighted by Crippen LogP contribution is -2.38. The normalized spacial score (nSPS) is 10.8. The van der Waals surface area contributed by atoms with Crippen molar-refractivity contribution in [3.05, 3.63) is 75.4 Å². The molecule has 0 amide bonds. The molecule has 1 aromatic heterocycles. The third kappa shape index (κ3) is 3.86. The fourth-order valence-electron chi connectivity index (χ4n) is 3.03. The summed E-state index contributed by atoms with van der Waals surface area (Å²) in [6.45, 7) is 6.98. The molecule has 27 heavy (non-hydrogen) atoms. The summed E-state index contributed by atoms with van der Waals surface area (Å²) in [5.74, 6) is 6.22. The van der Waals surface area contributed by atoms with Crippen molar-refractivity contribution in [3.8, 4) is 17.5 Å². The van der Waals surface area contributed by atoms with Crippen molar-refractivity contribution < 1.29 is 0 Å². The zero-order valence-corrected chi connectivity index (χ0v) is 15.7. The van der Waals surface area contributed by atoms with Crippen molar-refractivity contribution in [3.63, 3.8) is 0 Å². The average molecular weight is 361 g/mol. The van der Waals surface area contributed by atoms with Gasteiger partial charge in [-0.1, -0.05) is 56.0 Å². The first kappa shape index (κ1) is 18.7. The molecule has 0 aliphatic heterocycles. The van der Waals surface area contributed by atoms with Crippen LogP contribution in [-0.4, -0.2) is 33.7 Å². The van der Waals surface area contributed by atoms with E-state index in [0.29, 0.717) is 23.1 Å². The predicted octanol–water partition coefficient (Wildman–Crippen LogP) is 2.50. The second-order valence-corrected chi connectivity index (χ2v) is 6.18. The lowest BCUT2D eigenvalue weighted by Gasteiger charge is -2.13. The average Bonchev–Trinajstić information content (AvgIpc) is 2.71. The maximum Gasteiger partial charge on any atom is 0.336 e. The summed E-state index contributed by atoms with van der Waals surface area (Å²) in [6.07, 6.45) is 0. The highest BCUT2D eigenvalue weighted by Gasteiger charge is 2.13. The third-order valence-electron chi connectivity index (χ3n) is 4.62. The van der Waals surface area contributed by atoms with Crippen molar-refractivity contribution in [1.29, 1.82) is 0 Å². The molecule has 2 aromatic carbocycles. The topological polar surface area (TPSA) is 47.2 Å². The zero-order chi connectivity index (χ0) is 19.2. The van der Waals surface area contributed by atoms with Gasteiger partial charge in [0.05, 0.1) is 29.7 Å². The van der Waals surface area contributed by atoms with Crippen LogP contribution < -0.4 is 11.2 Å². The molecule has 0 aliphatic carbocycles. The Morgan fingerprint density at radius 3 is 2.26 bits per heavy atom. The monoisotopic (exact) mass is 361 g/mol. The molecule has 1 heterocycles. The van der Waals surface area contributed by atoms with Crippen LogP contribution in [0.1, 0.15) is 13.8 Å². The van der Waals surface area contributed by atoms with Crippen LogP contribution in [0, 0.1) is 11.8 Å². The number of hydrogen-bond donors (Lipinski definition) is 0. The Hall–Kier alpha value is -3.10. The highest BCUT2D eigenvalue weighted by Crippen LogP contribution is 2.09. The number of rotatable bonds is 5. The smallest absolute Gasteiger partial charge is 0.293 e. The van der Waals surface area contributed by atoms with E-state index < -0.39 is 0 Å². The summed E-state index contributed by atoms with van der Waals surface area (Å²) < 4.78 is 2.79. The van der Waals surface area contributed by atoms with Gasteiger partial charge in [0.2, 0.25) is 0 Å². The van der Waals surface area contributed by atoms with Crippen molar-refractivity contribution in [2.75, 3.05) is 19.6 Å². The first-order valence-corrected chi connectivity index (χ1v) is 9.15. The fourth-order valence-corrected chi connectivity index (χ4v) is 3.03. The summed E-state index contributed by atoms with van der Waals surface area (Å²) in [5.41, 5.74) is 0.483. The minimum absolute atomic E-state index is 0.244. The molecule has 0 atom stereocenters. The van der Waals surface area contributed by atoms with Gasteiger partial charge in [-0.05, 0) is 37.4 Å². The van der Waals surface area contributed by atoms with Crippen LogP contribution in [0.4, 0.5) is 0 Å². The molecule has 3 aromatic rings. The highest BCUT2D eigenvalue weighted by atomic mass is 16.2. The molecule has 3 rings (SSSR count). The Bertz CT molecular complexity index is 1100. The van der Waals surface area contributed by atoms with Crippen LogP contribution in [0.15, 0.2) is 64.2 Å². The number of aromatic nitrogens is 2. The van der Waals surface area contributed by atoms with E-state index in [4.69, 9.17) is 0 Å². The van der Waals surface area contributed by atoms with Crippen LogP contribution in [0.3, 0.4) is 0 Å². The largest absolute Gasteiger partial charge is 0.336 e. The molecule has 138 valence electrons. The lowest BCUT2D eigenvalue weighted by atomic mass is 10.2. The van der Waals surface area contributed by atoms with Crippen LogP contribution in [-0.2, 0) is 6.54 Å². The number of benzene rings is 2. The Labute approximate surface area is 158 Å². The number of hydrogen-bond acceptors (Lipinski definition) is 3. The van der Waals surface area contributed by atoms with Crippen molar-refractivity contribution in [1.82, 2.24) is 14.0 Å². The summed E-state index contributed by atoms with van der Waals surface area (Å²) in [4.78, 5) is 28.2. The minimum atomic E-state index is -0.373. The summed E-state index contributed by atoms with van der Waals surface area (Å²) in [5, 5.41) is 0.506. The standard InChI is InChI=1S/C22H23N3O2/c1-3-23(4-2)16-10-11-17-24-20-15-9-8-14-19(20)21(26)25(22(24)27)18-12-6-5-7-13-18/h5-9,12-15H,3-4,16-17H2,1-2H3. The fraction of sp³-hybridized carbons (Fsp3) is 0.273. The van der Waals surface area contributed by atoms with Gasteiger partial charge in [-0.2, -0.15) is 0 Å². The van der Waals surface area contributed by atoms with Gasteiger partial charge in [0.1, 0.15) is 0 Å². The van der Waals surface area contributed by atoms with Crippen molar-refractivity contribution in [2.24, 2.45) is 0 Å². The van der Waals surface area contributed by atoms with Crippen LogP contribution in [0.5, 0.6) is 0 Å². The molecule has 0 spiro atoms. The van der Waals surface area contributed by atoms with Crippen molar-refractivity contribution >= 4 is 10.9 Å². The SMILES string of the molecule is CCN(CC)CC#CCn1c(=O)n(-c2ccccc2)c(=O)c2ccccc21. The third-order valence-corrected chi connectivity index (χ3v) is 4.62. The molecule has 0 N–H and O–H groups in total. The van der Waals surface area contributed by atoms with E-state index >= 15 is 0 Å².